The van der Waals surface area contributed by atoms with E-state index in [0.29, 0.717) is 6.42 Å². The Bertz CT molecular complexity index is 295. The molecule has 17 heavy (non-hydrogen) atoms. The lowest BCUT2D eigenvalue weighted by Crippen LogP contribution is -2.48. The third kappa shape index (κ3) is 6.51. The summed E-state index contributed by atoms with van der Waals surface area (Å²) in [5.74, 6) is -2.04. The van der Waals surface area contributed by atoms with Gasteiger partial charge in [0.25, 0.3) is 17.9 Å². The lowest BCUT2D eigenvalue weighted by molar-refractivity contribution is -0.146. The highest BCUT2D eigenvalue weighted by Gasteiger charge is 2.49. The van der Waals surface area contributed by atoms with Crippen LogP contribution in [0.2, 0.25) is 0 Å². The summed E-state index contributed by atoms with van der Waals surface area (Å²) in [7, 11) is -3.73. The molecule has 0 aromatic carbocycles. The molecule has 0 amide bonds. The normalized spacial score (nSPS) is 11.1. The summed E-state index contributed by atoms with van der Waals surface area (Å²) in [5, 5.41) is 0. The predicted molar refractivity (Wildman–Crippen MR) is 60.5 cm³/mol. The summed E-state index contributed by atoms with van der Waals surface area (Å²) in [4.78, 5) is 32.9. The van der Waals surface area contributed by atoms with E-state index in [9.17, 15) is 14.4 Å². The van der Waals surface area contributed by atoms with Crippen LogP contribution in [0.25, 0.3) is 0 Å². The second-order valence-electron chi connectivity index (χ2n) is 3.20. The summed E-state index contributed by atoms with van der Waals surface area (Å²) < 4.78 is 14.7. The van der Waals surface area contributed by atoms with Gasteiger partial charge in [0, 0.05) is 26.5 Å². The average molecular weight is 260 g/mol. The molecule has 0 radical (unpaired) electrons. The molecule has 0 aliphatic rings. The monoisotopic (exact) mass is 260 g/mol. The van der Waals surface area contributed by atoms with Crippen LogP contribution in [0.1, 0.15) is 34.1 Å². The maximum atomic E-state index is 11.0. The summed E-state index contributed by atoms with van der Waals surface area (Å²) >= 11 is 0. The van der Waals surface area contributed by atoms with Gasteiger partial charge in [0.2, 0.25) is 0 Å². The van der Waals surface area contributed by atoms with Crippen LogP contribution in [-0.2, 0) is 27.7 Å². The van der Waals surface area contributed by atoms with E-state index in [2.05, 4.69) is 0 Å². The quantitative estimate of drug-likeness (QED) is 0.689. The fourth-order valence-corrected chi connectivity index (χ4v) is 3.08. The van der Waals surface area contributed by atoms with Crippen molar-refractivity contribution in [3.8, 4) is 0 Å². The number of rotatable bonds is 5. The van der Waals surface area contributed by atoms with Crippen LogP contribution in [-0.4, -0.2) is 26.7 Å². The third-order valence-electron chi connectivity index (χ3n) is 1.42. The Morgan fingerprint density at radius 2 is 1.29 bits per heavy atom. The van der Waals surface area contributed by atoms with Crippen molar-refractivity contribution in [2.45, 2.75) is 34.1 Å². The van der Waals surface area contributed by atoms with E-state index in [-0.39, 0.29) is 0 Å². The van der Waals surface area contributed by atoms with E-state index in [1.54, 1.807) is 6.08 Å². The summed E-state index contributed by atoms with van der Waals surface area (Å²) in [6.07, 6.45) is 2.24. The number of carbonyl (C=O) groups is 3. The van der Waals surface area contributed by atoms with E-state index >= 15 is 0 Å². The van der Waals surface area contributed by atoms with Crippen LogP contribution in [0, 0.1) is 0 Å². The van der Waals surface area contributed by atoms with Gasteiger partial charge in [-0.3, -0.25) is 14.4 Å². The number of hydrogen-bond acceptors (Lipinski definition) is 6. The van der Waals surface area contributed by atoms with Gasteiger partial charge in [-0.05, 0) is 6.42 Å². The molecule has 0 fully saturated rings. The number of hydrogen-bond donors (Lipinski definition) is 0. The van der Waals surface area contributed by atoms with Crippen LogP contribution < -0.4 is 0 Å². The standard InChI is InChI=1S/C10H16O6Si/c1-5-6-7-17(14-8(2)11,15-9(3)12)16-10(4)13/h6-7H,5H2,1-4H3/b7-6+. The number of allylic oxidation sites excluding steroid dienone is 1. The lowest BCUT2D eigenvalue weighted by atomic mass is 10.5. The molecule has 0 heterocycles. The van der Waals surface area contributed by atoms with E-state index in [4.69, 9.17) is 13.3 Å². The maximum Gasteiger partial charge on any atom is 0.734 e. The van der Waals surface area contributed by atoms with Gasteiger partial charge >= 0.3 is 8.80 Å². The van der Waals surface area contributed by atoms with Gasteiger partial charge < -0.3 is 13.3 Å². The minimum Gasteiger partial charge on any atom is -0.452 e. The molecular weight excluding hydrogens is 244 g/mol. The van der Waals surface area contributed by atoms with Gasteiger partial charge in [0.15, 0.2) is 0 Å². The molecule has 0 aliphatic carbocycles. The molecular formula is C10H16O6Si. The van der Waals surface area contributed by atoms with Crippen molar-refractivity contribution >= 4 is 26.7 Å². The zero-order chi connectivity index (χ0) is 13.5. The zero-order valence-corrected chi connectivity index (χ0v) is 11.3. The van der Waals surface area contributed by atoms with Gasteiger partial charge in [-0.25, -0.2) is 0 Å². The van der Waals surface area contributed by atoms with Gasteiger partial charge in [0.1, 0.15) is 0 Å². The first-order valence-electron chi connectivity index (χ1n) is 5.07. The van der Waals surface area contributed by atoms with Crippen LogP contribution in [0.4, 0.5) is 0 Å². The van der Waals surface area contributed by atoms with E-state index in [1.807, 2.05) is 6.92 Å². The molecule has 96 valence electrons. The van der Waals surface area contributed by atoms with Crippen molar-refractivity contribution in [2.24, 2.45) is 0 Å². The SMILES string of the molecule is CC/C=C/[Si](OC(C)=O)(OC(C)=O)OC(C)=O. The van der Waals surface area contributed by atoms with Crippen LogP contribution in [0.5, 0.6) is 0 Å². The molecule has 0 atom stereocenters. The number of carbonyl (C=O) groups excluding carboxylic acids is 3. The molecule has 0 aromatic rings. The van der Waals surface area contributed by atoms with E-state index in [0.717, 1.165) is 20.8 Å². The first kappa shape index (κ1) is 15.4. The van der Waals surface area contributed by atoms with Gasteiger partial charge in [-0.1, -0.05) is 13.0 Å². The minimum absolute atomic E-state index is 0.624. The Morgan fingerprint density at radius 1 is 0.941 bits per heavy atom. The topological polar surface area (TPSA) is 78.9 Å². The van der Waals surface area contributed by atoms with Crippen LogP contribution in [0.3, 0.4) is 0 Å². The molecule has 0 bridgehead atoms. The Hall–Kier alpha value is -1.63. The summed E-state index contributed by atoms with van der Waals surface area (Å²) in [6, 6.07) is 0. The smallest absolute Gasteiger partial charge is 0.452 e. The van der Waals surface area contributed by atoms with Crippen molar-refractivity contribution in [1.82, 2.24) is 0 Å². The van der Waals surface area contributed by atoms with Crippen LogP contribution in [0.15, 0.2) is 11.8 Å². The van der Waals surface area contributed by atoms with Crippen molar-refractivity contribution in [3.63, 3.8) is 0 Å². The van der Waals surface area contributed by atoms with Crippen molar-refractivity contribution < 1.29 is 27.7 Å². The van der Waals surface area contributed by atoms with E-state index in [1.165, 1.54) is 5.70 Å². The molecule has 0 aromatic heterocycles. The Kier molecular flexibility index (Phi) is 6.19. The predicted octanol–water partition coefficient (Wildman–Crippen LogP) is 1.12. The molecule has 7 heteroatoms. The fraction of sp³-hybridized carbons (Fsp3) is 0.500. The Morgan fingerprint density at radius 3 is 1.53 bits per heavy atom. The second-order valence-corrected chi connectivity index (χ2v) is 5.35. The minimum atomic E-state index is -3.73. The first-order chi connectivity index (χ1) is 7.81. The van der Waals surface area contributed by atoms with E-state index < -0.39 is 26.7 Å². The lowest BCUT2D eigenvalue weighted by Gasteiger charge is -2.23. The second kappa shape index (κ2) is 6.84. The van der Waals surface area contributed by atoms with Crippen molar-refractivity contribution in [1.29, 1.82) is 0 Å². The van der Waals surface area contributed by atoms with Crippen molar-refractivity contribution in [2.75, 3.05) is 0 Å². The molecule has 6 nitrogen and oxygen atoms in total. The van der Waals surface area contributed by atoms with Gasteiger partial charge in [-0.2, -0.15) is 0 Å². The van der Waals surface area contributed by atoms with Crippen molar-refractivity contribution in [3.05, 3.63) is 11.8 Å². The zero-order valence-electron chi connectivity index (χ0n) is 10.3. The fourth-order valence-electron chi connectivity index (χ4n) is 1.03. The first-order valence-corrected chi connectivity index (χ1v) is 6.88. The molecule has 0 aliphatic heterocycles. The maximum absolute atomic E-state index is 11.0. The Balaban J connectivity index is 5.17. The largest absolute Gasteiger partial charge is 0.734 e. The molecule has 0 saturated carbocycles. The third-order valence-corrected chi connectivity index (χ3v) is 3.78. The highest BCUT2D eigenvalue weighted by molar-refractivity contribution is 6.70. The van der Waals surface area contributed by atoms with Gasteiger partial charge in [0.05, 0.1) is 0 Å². The van der Waals surface area contributed by atoms with Gasteiger partial charge in [-0.15, -0.1) is 0 Å². The highest BCUT2D eigenvalue weighted by atomic mass is 28.4. The molecule has 0 N–H and O–H groups in total. The highest BCUT2D eigenvalue weighted by Crippen LogP contribution is 2.13. The molecule has 0 spiro atoms. The van der Waals surface area contributed by atoms with Crippen LogP contribution >= 0.6 is 0 Å². The molecule has 0 saturated heterocycles. The average Bonchev–Trinajstić information content (AvgIpc) is 2.11. The Labute approximate surface area is 101 Å². The molecule has 0 unspecified atom stereocenters. The summed E-state index contributed by atoms with van der Waals surface area (Å²) in [5.41, 5.74) is 1.34. The summed E-state index contributed by atoms with van der Waals surface area (Å²) in [6.45, 7) is 5.28. The molecule has 0 rings (SSSR count).